The number of aromatic nitrogens is 1. The highest BCUT2D eigenvalue weighted by Crippen LogP contribution is 2.27. The molecule has 0 radical (unpaired) electrons. The van der Waals surface area contributed by atoms with Crippen LogP contribution in [0.25, 0.3) is 0 Å². The third-order valence-corrected chi connectivity index (χ3v) is 3.62. The van der Waals surface area contributed by atoms with Crippen LogP contribution in [0.3, 0.4) is 0 Å². The van der Waals surface area contributed by atoms with Gasteiger partial charge in [0.05, 0.1) is 12.7 Å². The highest BCUT2D eigenvalue weighted by atomic mass is 16.5. The van der Waals surface area contributed by atoms with Crippen molar-refractivity contribution in [2.24, 2.45) is 0 Å². The second-order valence-electron chi connectivity index (χ2n) is 4.93. The monoisotopic (exact) mass is 248 g/mol. The first-order valence-corrected chi connectivity index (χ1v) is 6.46. The van der Waals surface area contributed by atoms with E-state index in [1.165, 1.54) is 26.4 Å². The molecule has 1 fully saturated rings. The predicted octanol–water partition coefficient (Wildman–Crippen LogP) is 2.64. The molecule has 2 heterocycles. The lowest BCUT2D eigenvalue weighted by Crippen LogP contribution is -2.44. The van der Waals surface area contributed by atoms with Crippen molar-refractivity contribution < 1.29 is 9.53 Å². The van der Waals surface area contributed by atoms with E-state index in [0.29, 0.717) is 17.6 Å². The van der Waals surface area contributed by atoms with Crippen LogP contribution < -0.4 is 4.90 Å². The summed E-state index contributed by atoms with van der Waals surface area (Å²) < 4.78 is 4.75. The van der Waals surface area contributed by atoms with E-state index in [2.05, 4.69) is 23.7 Å². The van der Waals surface area contributed by atoms with E-state index in [1.54, 1.807) is 12.3 Å². The Bertz CT molecular complexity index is 424. The Hall–Kier alpha value is -1.58. The van der Waals surface area contributed by atoms with Crippen molar-refractivity contribution in [1.82, 2.24) is 4.98 Å². The Labute approximate surface area is 108 Å². The Balaban J connectivity index is 2.29. The second kappa shape index (κ2) is 5.38. The van der Waals surface area contributed by atoms with Gasteiger partial charge < -0.3 is 9.64 Å². The van der Waals surface area contributed by atoms with Gasteiger partial charge >= 0.3 is 5.97 Å². The Morgan fingerprint density at radius 1 is 1.39 bits per heavy atom. The lowest BCUT2D eigenvalue weighted by Gasteiger charge is -2.40. The van der Waals surface area contributed by atoms with Crippen LogP contribution in [0.2, 0.25) is 0 Å². The molecule has 0 spiro atoms. The number of methoxy groups -OCH3 is 1. The fourth-order valence-corrected chi connectivity index (χ4v) is 2.68. The molecule has 18 heavy (non-hydrogen) atoms. The molecule has 0 amide bonds. The van der Waals surface area contributed by atoms with Crippen LogP contribution in [-0.4, -0.2) is 30.1 Å². The molecular weight excluding hydrogens is 228 g/mol. The third-order valence-electron chi connectivity index (χ3n) is 3.62. The summed E-state index contributed by atoms with van der Waals surface area (Å²) in [5.41, 5.74) is 0.562. The predicted molar refractivity (Wildman–Crippen MR) is 70.8 cm³/mol. The van der Waals surface area contributed by atoms with E-state index in [1.807, 2.05) is 6.07 Å². The minimum Gasteiger partial charge on any atom is -0.465 e. The molecule has 0 saturated carbocycles. The minimum absolute atomic E-state index is 0.309. The Morgan fingerprint density at radius 2 is 2.06 bits per heavy atom. The number of ether oxygens (including phenoxy) is 1. The van der Waals surface area contributed by atoms with Gasteiger partial charge in [-0.25, -0.2) is 9.78 Å². The maximum absolute atomic E-state index is 11.5. The first-order valence-electron chi connectivity index (χ1n) is 6.46. The average Bonchev–Trinajstić information content (AvgIpc) is 2.38. The van der Waals surface area contributed by atoms with Crippen molar-refractivity contribution in [2.45, 2.75) is 45.2 Å². The van der Waals surface area contributed by atoms with Crippen molar-refractivity contribution in [3.05, 3.63) is 23.9 Å². The summed E-state index contributed by atoms with van der Waals surface area (Å²) in [5, 5.41) is 0. The minimum atomic E-state index is -0.309. The lowest BCUT2D eigenvalue weighted by molar-refractivity contribution is 0.0600. The molecule has 0 bridgehead atoms. The normalized spacial score (nSPS) is 23.8. The third kappa shape index (κ3) is 2.47. The highest BCUT2D eigenvalue weighted by Gasteiger charge is 2.26. The van der Waals surface area contributed by atoms with Crippen molar-refractivity contribution in [3.8, 4) is 0 Å². The van der Waals surface area contributed by atoms with Gasteiger partial charge in [0.15, 0.2) is 0 Å². The van der Waals surface area contributed by atoms with Gasteiger partial charge in [0.25, 0.3) is 0 Å². The van der Waals surface area contributed by atoms with Crippen LogP contribution in [0, 0.1) is 0 Å². The van der Waals surface area contributed by atoms with Crippen molar-refractivity contribution >= 4 is 11.8 Å². The molecule has 1 aliphatic heterocycles. The second-order valence-corrected chi connectivity index (χ2v) is 4.93. The van der Waals surface area contributed by atoms with E-state index >= 15 is 0 Å². The van der Waals surface area contributed by atoms with Gasteiger partial charge in [0.2, 0.25) is 0 Å². The van der Waals surface area contributed by atoms with Crippen LogP contribution in [0.1, 0.15) is 43.5 Å². The number of carbonyl (C=O) groups excluding carboxylic acids is 1. The quantitative estimate of drug-likeness (QED) is 0.755. The SMILES string of the molecule is COC(=O)c1ccnc(N2[C@H](C)CCC[C@@H]2C)c1. The molecule has 0 aromatic carbocycles. The van der Waals surface area contributed by atoms with Crippen LogP contribution >= 0.6 is 0 Å². The molecule has 2 atom stereocenters. The number of hydrogen-bond donors (Lipinski definition) is 0. The number of esters is 1. The van der Waals surface area contributed by atoms with Gasteiger partial charge in [-0.05, 0) is 45.2 Å². The number of hydrogen-bond acceptors (Lipinski definition) is 4. The summed E-state index contributed by atoms with van der Waals surface area (Å²) in [7, 11) is 1.40. The number of rotatable bonds is 2. The van der Waals surface area contributed by atoms with Crippen molar-refractivity contribution in [2.75, 3.05) is 12.0 Å². The first-order chi connectivity index (χ1) is 8.63. The summed E-state index contributed by atoms with van der Waals surface area (Å²) in [5.74, 6) is 0.563. The van der Waals surface area contributed by atoms with Gasteiger partial charge in [-0.2, -0.15) is 0 Å². The summed E-state index contributed by atoms with van der Waals surface area (Å²) in [6, 6.07) is 4.45. The van der Waals surface area contributed by atoms with Crippen molar-refractivity contribution in [1.29, 1.82) is 0 Å². The lowest BCUT2D eigenvalue weighted by atomic mass is 9.97. The zero-order valence-corrected chi connectivity index (χ0v) is 11.2. The number of pyridine rings is 1. The highest BCUT2D eigenvalue weighted by molar-refractivity contribution is 5.90. The maximum atomic E-state index is 11.5. The van der Waals surface area contributed by atoms with Gasteiger partial charge in [0, 0.05) is 18.3 Å². The molecule has 98 valence electrons. The molecule has 1 saturated heterocycles. The average molecular weight is 248 g/mol. The van der Waals surface area contributed by atoms with E-state index in [9.17, 15) is 4.79 Å². The molecule has 4 nitrogen and oxygen atoms in total. The molecule has 1 aromatic heterocycles. The summed E-state index contributed by atoms with van der Waals surface area (Å²) >= 11 is 0. The van der Waals surface area contributed by atoms with E-state index < -0.39 is 0 Å². The number of carbonyl (C=O) groups is 1. The number of anilines is 1. The van der Waals surface area contributed by atoms with E-state index in [-0.39, 0.29) is 5.97 Å². The van der Waals surface area contributed by atoms with Gasteiger partial charge in [-0.3, -0.25) is 0 Å². The molecule has 0 N–H and O–H groups in total. The fourth-order valence-electron chi connectivity index (χ4n) is 2.68. The topological polar surface area (TPSA) is 42.4 Å². The molecule has 0 aliphatic carbocycles. The molecule has 1 aliphatic rings. The van der Waals surface area contributed by atoms with Crippen molar-refractivity contribution in [3.63, 3.8) is 0 Å². The molecular formula is C14H20N2O2. The summed E-state index contributed by atoms with van der Waals surface area (Å²) in [6.45, 7) is 4.42. The molecule has 4 heteroatoms. The standard InChI is InChI=1S/C14H20N2O2/c1-10-5-4-6-11(2)16(10)13-9-12(7-8-15-13)14(17)18-3/h7-11H,4-6H2,1-3H3/t10-,11+. The zero-order valence-electron chi connectivity index (χ0n) is 11.2. The van der Waals surface area contributed by atoms with Crippen LogP contribution in [0.5, 0.6) is 0 Å². The Morgan fingerprint density at radius 3 is 2.67 bits per heavy atom. The molecule has 2 rings (SSSR count). The van der Waals surface area contributed by atoms with Crippen LogP contribution in [0.4, 0.5) is 5.82 Å². The van der Waals surface area contributed by atoms with Crippen LogP contribution in [0.15, 0.2) is 18.3 Å². The largest absolute Gasteiger partial charge is 0.465 e. The number of piperidine rings is 1. The van der Waals surface area contributed by atoms with Crippen LogP contribution in [-0.2, 0) is 4.74 Å². The van der Waals surface area contributed by atoms with E-state index in [0.717, 1.165) is 5.82 Å². The zero-order chi connectivity index (χ0) is 13.1. The smallest absolute Gasteiger partial charge is 0.338 e. The van der Waals surface area contributed by atoms with E-state index in [4.69, 9.17) is 4.74 Å². The maximum Gasteiger partial charge on any atom is 0.338 e. The summed E-state index contributed by atoms with van der Waals surface area (Å²) in [6.07, 6.45) is 5.29. The molecule has 0 unspecified atom stereocenters. The summed E-state index contributed by atoms with van der Waals surface area (Å²) in [4.78, 5) is 18.2. The fraction of sp³-hybridized carbons (Fsp3) is 0.571. The Kier molecular flexibility index (Phi) is 3.84. The first kappa shape index (κ1) is 12.9. The number of nitrogens with zero attached hydrogens (tertiary/aromatic N) is 2. The van der Waals surface area contributed by atoms with Gasteiger partial charge in [-0.15, -0.1) is 0 Å². The van der Waals surface area contributed by atoms with Gasteiger partial charge in [0.1, 0.15) is 5.82 Å². The molecule has 1 aromatic rings. The van der Waals surface area contributed by atoms with Gasteiger partial charge in [-0.1, -0.05) is 0 Å².